The Morgan fingerprint density at radius 1 is 1.00 bits per heavy atom. The van der Waals surface area contributed by atoms with Crippen molar-refractivity contribution in [3.8, 4) is 5.75 Å². The molecule has 0 bridgehead atoms. The van der Waals surface area contributed by atoms with E-state index in [9.17, 15) is 28.0 Å². The number of amides is 3. The van der Waals surface area contributed by atoms with Crippen LogP contribution in [-0.2, 0) is 21.2 Å². The lowest BCUT2D eigenvalue weighted by Gasteiger charge is -2.13. The molecule has 0 saturated heterocycles. The molecule has 44 heavy (non-hydrogen) atoms. The van der Waals surface area contributed by atoms with Gasteiger partial charge >= 0.3 is 12.1 Å². The van der Waals surface area contributed by atoms with Crippen LogP contribution < -0.4 is 20.3 Å². The second-order valence-electron chi connectivity index (χ2n) is 10.5. The van der Waals surface area contributed by atoms with Gasteiger partial charge in [-0.15, -0.1) is 0 Å². The summed E-state index contributed by atoms with van der Waals surface area (Å²) in [7, 11) is -2.69. The fraction of sp³-hybridized carbons (Fsp3) is 0.258. The van der Waals surface area contributed by atoms with Crippen molar-refractivity contribution in [3.63, 3.8) is 0 Å². The zero-order valence-electron chi connectivity index (χ0n) is 24.1. The Balaban J connectivity index is 1.41. The van der Waals surface area contributed by atoms with Crippen LogP contribution >= 0.6 is 0 Å². The van der Waals surface area contributed by atoms with E-state index in [1.54, 1.807) is 61.1 Å². The molecule has 230 valence electrons. The average Bonchev–Trinajstić information content (AvgIpc) is 3.64. The Bertz CT molecular complexity index is 1840. The van der Waals surface area contributed by atoms with Crippen molar-refractivity contribution in [1.29, 1.82) is 0 Å². The Morgan fingerprint density at radius 3 is 2.45 bits per heavy atom. The van der Waals surface area contributed by atoms with Gasteiger partial charge in [0.2, 0.25) is 0 Å². The van der Waals surface area contributed by atoms with Crippen LogP contribution in [0.1, 0.15) is 52.7 Å². The summed E-state index contributed by atoms with van der Waals surface area (Å²) < 4.78 is 40.0. The third-order valence-corrected chi connectivity index (χ3v) is 9.06. The zero-order valence-corrected chi connectivity index (χ0v) is 24.9. The number of rotatable bonds is 8. The highest BCUT2D eigenvalue weighted by molar-refractivity contribution is 7.90. The van der Waals surface area contributed by atoms with Crippen LogP contribution in [0.4, 0.5) is 15.3 Å². The minimum atomic E-state index is -4.11. The van der Waals surface area contributed by atoms with Crippen molar-refractivity contribution >= 4 is 44.6 Å². The minimum Gasteiger partial charge on any atom is -0.496 e. The first-order chi connectivity index (χ1) is 21.1. The number of hydrogen-bond acceptors (Lipinski definition) is 8. The second kappa shape index (κ2) is 12.8. The van der Waals surface area contributed by atoms with Gasteiger partial charge in [0.15, 0.2) is 0 Å². The summed E-state index contributed by atoms with van der Waals surface area (Å²) in [6.07, 6.45) is 4.82. The van der Waals surface area contributed by atoms with Crippen molar-refractivity contribution in [2.45, 2.75) is 50.0 Å². The highest BCUT2D eigenvalue weighted by Crippen LogP contribution is 2.31. The maximum Gasteiger partial charge on any atom is 0.411 e. The van der Waals surface area contributed by atoms with Gasteiger partial charge in [0.25, 0.3) is 15.9 Å². The number of sulfonamides is 1. The van der Waals surface area contributed by atoms with E-state index >= 15 is 0 Å². The fourth-order valence-corrected chi connectivity index (χ4v) is 6.60. The SMILES string of the molecule is COc1cc(C(=O)NS(=O)(=O)c2ccccc2C)ccc1Cc1cn(C(=O)NO)c2ccc(NC(=O)OC3CCCC3)cc12. The molecule has 0 spiro atoms. The number of carbonyl (C=O) groups is 3. The van der Waals surface area contributed by atoms with Crippen LogP contribution in [0.15, 0.2) is 71.8 Å². The monoisotopic (exact) mass is 620 g/mol. The van der Waals surface area contributed by atoms with Gasteiger partial charge in [-0.1, -0.05) is 24.3 Å². The van der Waals surface area contributed by atoms with Crippen LogP contribution in [0, 0.1) is 6.92 Å². The van der Waals surface area contributed by atoms with E-state index in [0.29, 0.717) is 39.0 Å². The molecule has 1 aromatic heterocycles. The number of anilines is 1. The largest absolute Gasteiger partial charge is 0.496 e. The van der Waals surface area contributed by atoms with E-state index in [0.717, 1.165) is 25.7 Å². The molecule has 0 atom stereocenters. The molecule has 3 amide bonds. The van der Waals surface area contributed by atoms with Gasteiger partial charge in [0, 0.05) is 29.3 Å². The normalized spacial score (nSPS) is 13.4. The summed E-state index contributed by atoms with van der Waals surface area (Å²) >= 11 is 0. The Labute approximate surface area is 254 Å². The third kappa shape index (κ3) is 6.53. The molecule has 1 saturated carbocycles. The molecular weight excluding hydrogens is 588 g/mol. The van der Waals surface area contributed by atoms with E-state index in [1.165, 1.54) is 29.9 Å². The molecule has 1 heterocycles. The molecular formula is C31H32N4O8S. The number of fused-ring (bicyclic) bond motifs is 1. The number of carbonyl (C=O) groups excluding carboxylic acids is 3. The molecule has 13 heteroatoms. The van der Waals surface area contributed by atoms with E-state index in [2.05, 4.69) is 10.0 Å². The summed E-state index contributed by atoms with van der Waals surface area (Å²) in [5, 5.41) is 12.6. The molecule has 0 radical (unpaired) electrons. The number of ether oxygens (including phenoxy) is 2. The highest BCUT2D eigenvalue weighted by Gasteiger charge is 2.23. The van der Waals surface area contributed by atoms with Crippen molar-refractivity contribution in [3.05, 3.63) is 89.1 Å². The van der Waals surface area contributed by atoms with Gasteiger partial charge in [-0.2, -0.15) is 0 Å². The molecule has 4 aromatic rings. The first-order valence-electron chi connectivity index (χ1n) is 14.0. The van der Waals surface area contributed by atoms with Gasteiger partial charge in [-0.25, -0.2) is 28.2 Å². The number of nitrogens with one attached hydrogen (secondary N) is 3. The molecule has 5 rings (SSSR count). The molecule has 4 N–H and O–H groups in total. The van der Waals surface area contributed by atoms with Gasteiger partial charge in [0.1, 0.15) is 11.9 Å². The van der Waals surface area contributed by atoms with Crippen molar-refractivity contribution < 1.29 is 37.5 Å². The molecule has 12 nitrogen and oxygen atoms in total. The number of aryl methyl sites for hydroxylation is 1. The van der Waals surface area contributed by atoms with Crippen molar-refractivity contribution in [2.24, 2.45) is 0 Å². The van der Waals surface area contributed by atoms with Crippen LogP contribution in [0.2, 0.25) is 0 Å². The smallest absolute Gasteiger partial charge is 0.411 e. The number of hydrogen-bond donors (Lipinski definition) is 4. The number of methoxy groups -OCH3 is 1. The summed E-state index contributed by atoms with van der Waals surface area (Å²) in [6, 6.07) is 15.1. The second-order valence-corrected chi connectivity index (χ2v) is 12.2. The number of aromatic nitrogens is 1. The third-order valence-electron chi connectivity index (χ3n) is 7.56. The predicted octanol–water partition coefficient (Wildman–Crippen LogP) is 5.11. The van der Waals surface area contributed by atoms with Gasteiger partial charge in [0.05, 0.1) is 17.5 Å². The highest BCUT2D eigenvalue weighted by atomic mass is 32.2. The van der Waals surface area contributed by atoms with Gasteiger partial charge in [-0.3, -0.25) is 19.9 Å². The summed E-state index contributed by atoms with van der Waals surface area (Å²) in [4.78, 5) is 37.8. The molecule has 0 unspecified atom stereocenters. The number of nitrogens with zero attached hydrogens (tertiary/aromatic N) is 1. The molecule has 1 fully saturated rings. The predicted molar refractivity (Wildman–Crippen MR) is 162 cm³/mol. The lowest BCUT2D eigenvalue weighted by Crippen LogP contribution is -2.31. The van der Waals surface area contributed by atoms with Gasteiger partial charge < -0.3 is 9.47 Å². The first kappa shape index (κ1) is 30.6. The van der Waals surface area contributed by atoms with Gasteiger partial charge in [-0.05, 0) is 85.7 Å². The van der Waals surface area contributed by atoms with Crippen molar-refractivity contribution in [2.75, 3.05) is 12.4 Å². The van der Waals surface area contributed by atoms with Crippen LogP contribution in [0.25, 0.3) is 10.9 Å². The number of hydroxylamine groups is 1. The van der Waals surface area contributed by atoms with Crippen LogP contribution in [-0.4, -0.2) is 49.4 Å². The molecule has 1 aliphatic carbocycles. The van der Waals surface area contributed by atoms with E-state index in [-0.39, 0.29) is 23.0 Å². The minimum absolute atomic E-state index is 0.000833. The quantitative estimate of drug-likeness (QED) is 0.156. The van der Waals surface area contributed by atoms with E-state index in [1.807, 2.05) is 0 Å². The Morgan fingerprint density at radius 2 is 1.75 bits per heavy atom. The van der Waals surface area contributed by atoms with Crippen molar-refractivity contribution in [1.82, 2.24) is 14.8 Å². The maximum atomic E-state index is 12.9. The Kier molecular flexibility index (Phi) is 8.88. The molecule has 1 aliphatic rings. The first-order valence-corrected chi connectivity index (χ1v) is 15.4. The summed E-state index contributed by atoms with van der Waals surface area (Å²) in [5.41, 5.74) is 4.40. The van der Waals surface area contributed by atoms with E-state index < -0.39 is 28.1 Å². The van der Waals surface area contributed by atoms with E-state index in [4.69, 9.17) is 9.47 Å². The lowest BCUT2D eigenvalue weighted by atomic mass is 10.0. The standard InChI is InChI=1S/C31H32N4O8S/c1-19-7-3-6-10-28(19)44(40,41)34-29(36)21-12-11-20(27(16-21)42-2)15-22-18-35(30(37)33-39)26-14-13-23(17-25(22)26)32-31(38)43-24-8-4-5-9-24/h3,6-7,10-14,16-18,24,39H,4-5,8-9,15H2,1-2H3,(H,32,38)(H,33,37)(H,34,36). The Hall–Kier alpha value is -4.88. The summed E-state index contributed by atoms with van der Waals surface area (Å²) in [5.74, 6) is -0.512. The zero-order chi connectivity index (χ0) is 31.4. The lowest BCUT2D eigenvalue weighted by molar-refractivity contribution is 0.0980. The molecule has 0 aliphatic heterocycles. The van der Waals surface area contributed by atoms with Crippen LogP contribution in [0.5, 0.6) is 5.75 Å². The topological polar surface area (TPSA) is 165 Å². The molecule has 3 aromatic carbocycles. The maximum absolute atomic E-state index is 12.9. The fourth-order valence-electron chi connectivity index (χ4n) is 5.37. The average molecular weight is 621 g/mol. The van der Waals surface area contributed by atoms with Crippen LogP contribution in [0.3, 0.4) is 0 Å². The summed E-state index contributed by atoms with van der Waals surface area (Å²) in [6.45, 7) is 1.64. The number of benzene rings is 3.